The van der Waals surface area contributed by atoms with Crippen LogP contribution in [-0.2, 0) is 6.61 Å². The van der Waals surface area contributed by atoms with E-state index in [1.165, 1.54) is 12.1 Å². The second kappa shape index (κ2) is 3.86. The summed E-state index contributed by atoms with van der Waals surface area (Å²) in [7, 11) is 0. The zero-order chi connectivity index (χ0) is 9.14. The van der Waals surface area contributed by atoms with Crippen molar-refractivity contribution < 1.29 is 15.0 Å². The summed E-state index contributed by atoms with van der Waals surface area (Å²) < 4.78 is 0.875. The molecule has 0 saturated heterocycles. The van der Waals surface area contributed by atoms with Crippen molar-refractivity contribution >= 4 is 28.6 Å². The smallest absolute Gasteiger partial charge is 0.335 e. The van der Waals surface area contributed by atoms with E-state index in [-0.39, 0.29) is 12.2 Å². The summed E-state index contributed by atoms with van der Waals surface area (Å²) in [6, 6.07) is 4.67. The highest BCUT2D eigenvalue weighted by Crippen LogP contribution is 2.14. The van der Waals surface area contributed by atoms with Gasteiger partial charge < -0.3 is 10.2 Å². The number of carboxylic acid groups (broad SMARTS) is 1. The number of carbonyl (C=O) groups is 1. The molecule has 0 bridgehead atoms. The van der Waals surface area contributed by atoms with E-state index >= 15 is 0 Å². The van der Waals surface area contributed by atoms with Crippen LogP contribution in [0.3, 0.4) is 0 Å². The van der Waals surface area contributed by atoms with Crippen LogP contribution >= 0.6 is 22.6 Å². The lowest BCUT2D eigenvalue weighted by atomic mass is 10.1. The zero-order valence-corrected chi connectivity index (χ0v) is 8.28. The number of hydrogen-bond donors (Lipinski definition) is 2. The number of rotatable bonds is 2. The van der Waals surface area contributed by atoms with Crippen LogP contribution in [0.5, 0.6) is 0 Å². The van der Waals surface area contributed by atoms with Gasteiger partial charge in [-0.2, -0.15) is 0 Å². The van der Waals surface area contributed by atoms with Gasteiger partial charge in [-0.25, -0.2) is 4.79 Å². The largest absolute Gasteiger partial charge is 0.478 e. The molecule has 0 amide bonds. The van der Waals surface area contributed by atoms with E-state index in [1.54, 1.807) is 6.07 Å². The maximum Gasteiger partial charge on any atom is 0.335 e. The third-order valence-corrected chi connectivity index (χ3v) is 2.52. The first-order chi connectivity index (χ1) is 5.65. The maximum absolute atomic E-state index is 10.5. The summed E-state index contributed by atoms with van der Waals surface area (Å²) in [5.74, 6) is -0.971. The summed E-state index contributed by atoms with van der Waals surface area (Å²) >= 11 is 2.05. The third kappa shape index (κ3) is 1.95. The quantitative estimate of drug-likeness (QED) is 0.806. The number of hydrogen-bond acceptors (Lipinski definition) is 2. The fraction of sp³-hybridized carbons (Fsp3) is 0.125. The molecule has 0 aromatic heterocycles. The summed E-state index contributed by atoms with van der Waals surface area (Å²) in [5.41, 5.74) is 0.856. The summed E-state index contributed by atoms with van der Waals surface area (Å²) in [6.07, 6.45) is 0. The van der Waals surface area contributed by atoms with E-state index in [1.807, 2.05) is 22.6 Å². The molecule has 2 N–H and O–H groups in total. The molecule has 0 atom stereocenters. The van der Waals surface area contributed by atoms with Crippen LogP contribution in [0.4, 0.5) is 0 Å². The van der Waals surface area contributed by atoms with E-state index < -0.39 is 5.97 Å². The highest BCUT2D eigenvalue weighted by atomic mass is 127. The third-order valence-electron chi connectivity index (χ3n) is 1.46. The van der Waals surface area contributed by atoms with Gasteiger partial charge >= 0.3 is 5.97 Å². The zero-order valence-electron chi connectivity index (χ0n) is 6.12. The monoisotopic (exact) mass is 278 g/mol. The Balaban J connectivity index is 3.13. The number of carboxylic acids is 1. The van der Waals surface area contributed by atoms with Crippen molar-refractivity contribution in [3.63, 3.8) is 0 Å². The molecular formula is C8H7IO3. The fourth-order valence-electron chi connectivity index (χ4n) is 0.829. The lowest BCUT2D eigenvalue weighted by molar-refractivity contribution is 0.0696. The summed E-state index contributed by atoms with van der Waals surface area (Å²) in [6.45, 7) is -0.126. The minimum absolute atomic E-state index is 0.126. The molecule has 0 spiro atoms. The molecule has 0 unspecified atom stereocenters. The average molecular weight is 278 g/mol. The SMILES string of the molecule is O=C(O)c1ccc(I)c(CO)c1. The summed E-state index contributed by atoms with van der Waals surface area (Å²) in [5, 5.41) is 17.4. The maximum atomic E-state index is 10.5. The lowest BCUT2D eigenvalue weighted by Crippen LogP contribution is -1.98. The fourth-order valence-corrected chi connectivity index (χ4v) is 1.33. The Morgan fingerprint density at radius 3 is 2.67 bits per heavy atom. The first kappa shape index (κ1) is 9.47. The predicted octanol–water partition coefficient (Wildman–Crippen LogP) is 1.48. The molecule has 1 rings (SSSR count). The Hall–Kier alpha value is -0.620. The molecule has 0 radical (unpaired) electrons. The number of halogens is 1. The van der Waals surface area contributed by atoms with Gasteiger partial charge in [-0.15, -0.1) is 0 Å². The number of aliphatic hydroxyl groups excluding tert-OH is 1. The van der Waals surface area contributed by atoms with Crippen LogP contribution < -0.4 is 0 Å². The van der Waals surface area contributed by atoms with Crippen molar-refractivity contribution in [2.24, 2.45) is 0 Å². The molecule has 12 heavy (non-hydrogen) atoms. The van der Waals surface area contributed by atoms with Gasteiger partial charge in [-0.3, -0.25) is 0 Å². The standard InChI is InChI=1S/C8H7IO3/c9-7-2-1-5(8(11)12)3-6(7)4-10/h1-3,10H,4H2,(H,11,12). The van der Waals surface area contributed by atoms with Crippen LogP contribution in [0.2, 0.25) is 0 Å². The minimum Gasteiger partial charge on any atom is -0.478 e. The average Bonchev–Trinajstić information content (AvgIpc) is 2.05. The second-order valence-electron chi connectivity index (χ2n) is 2.27. The molecule has 0 aliphatic heterocycles. The second-order valence-corrected chi connectivity index (χ2v) is 3.43. The van der Waals surface area contributed by atoms with E-state index in [0.29, 0.717) is 5.56 Å². The first-order valence-electron chi connectivity index (χ1n) is 3.27. The summed E-state index contributed by atoms with van der Waals surface area (Å²) in [4.78, 5) is 10.5. The lowest BCUT2D eigenvalue weighted by Gasteiger charge is -2.01. The molecule has 4 heteroatoms. The molecule has 0 aliphatic carbocycles. The molecule has 1 aromatic rings. The van der Waals surface area contributed by atoms with E-state index in [2.05, 4.69) is 0 Å². The van der Waals surface area contributed by atoms with Gasteiger partial charge in [0.05, 0.1) is 12.2 Å². The molecule has 0 heterocycles. The van der Waals surface area contributed by atoms with Gasteiger partial charge in [0.1, 0.15) is 0 Å². The van der Waals surface area contributed by atoms with Gasteiger partial charge in [0.25, 0.3) is 0 Å². The minimum atomic E-state index is -0.971. The van der Waals surface area contributed by atoms with Gasteiger partial charge in [-0.1, -0.05) is 0 Å². The van der Waals surface area contributed by atoms with Crippen molar-refractivity contribution in [2.75, 3.05) is 0 Å². The Labute approximate surface area is 83.2 Å². The van der Waals surface area contributed by atoms with Crippen LogP contribution in [0.15, 0.2) is 18.2 Å². The van der Waals surface area contributed by atoms with Crippen LogP contribution in [0, 0.1) is 3.57 Å². The Kier molecular flexibility index (Phi) is 3.05. The Bertz CT molecular complexity index is 309. The van der Waals surface area contributed by atoms with Crippen molar-refractivity contribution in [2.45, 2.75) is 6.61 Å². The molecule has 64 valence electrons. The van der Waals surface area contributed by atoms with Crippen LogP contribution in [0.1, 0.15) is 15.9 Å². The van der Waals surface area contributed by atoms with Crippen molar-refractivity contribution in [1.82, 2.24) is 0 Å². The molecule has 0 aliphatic rings. The van der Waals surface area contributed by atoms with Gasteiger partial charge in [0.2, 0.25) is 0 Å². The predicted molar refractivity (Wildman–Crippen MR) is 52.0 cm³/mol. The van der Waals surface area contributed by atoms with Crippen LogP contribution in [0.25, 0.3) is 0 Å². The van der Waals surface area contributed by atoms with Crippen molar-refractivity contribution in [3.05, 3.63) is 32.9 Å². The van der Waals surface area contributed by atoms with Crippen molar-refractivity contribution in [3.8, 4) is 0 Å². The molecule has 1 aromatic carbocycles. The Morgan fingerprint density at radius 1 is 1.50 bits per heavy atom. The van der Waals surface area contributed by atoms with Crippen molar-refractivity contribution in [1.29, 1.82) is 0 Å². The van der Waals surface area contributed by atoms with E-state index in [0.717, 1.165) is 3.57 Å². The Morgan fingerprint density at radius 2 is 2.17 bits per heavy atom. The first-order valence-corrected chi connectivity index (χ1v) is 4.35. The topological polar surface area (TPSA) is 57.5 Å². The number of aromatic carboxylic acids is 1. The molecule has 0 fully saturated rings. The normalized spacial score (nSPS) is 9.83. The van der Waals surface area contributed by atoms with Crippen LogP contribution in [-0.4, -0.2) is 16.2 Å². The highest BCUT2D eigenvalue weighted by molar-refractivity contribution is 14.1. The van der Waals surface area contributed by atoms with E-state index in [9.17, 15) is 4.79 Å². The van der Waals surface area contributed by atoms with Gasteiger partial charge in [0.15, 0.2) is 0 Å². The van der Waals surface area contributed by atoms with Gasteiger partial charge in [-0.05, 0) is 46.4 Å². The number of benzene rings is 1. The number of aliphatic hydroxyl groups is 1. The highest BCUT2D eigenvalue weighted by Gasteiger charge is 2.05. The molecular weight excluding hydrogens is 271 g/mol. The molecule has 0 saturated carbocycles. The molecule has 3 nitrogen and oxygen atoms in total. The van der Waals surface area contributed by atoms with Gasteiger partial charge in [0, 0.05) is 3.57 Å². The van der Waals surface area contributed by atoms with E-state index in [4.69, 9.17) is 10.2 Å².